The molecule has 1 aromatic carbocycles. The van der Waals surface area contributed by atoms with Gasteiger partial charge in [-0.25, -0.2) is 4.98 Å². The first-order chi connectivity index (χ1) is 9.19. The van der Waals surface area contributed by atoms with Crippen LogP contribution in [0.3, 0.4) is 0 Å². The maximum Gasteiger partial charge on any atom is 0.110 e. The van der Waals surface area contributed by atoms with E-state index in [-0.39, 0.29) is 0 Å². The fourth-order valence-corrected chi connectivity index (χ4v) is 3.31. The van der Waals surface area contributed by atoms with Crippen LogP contribution in [0.4, 0.5) is 0 Å². The van der Waals surface area contributed by atoms with Crippen molar-refractivity contribution in [3.05, 3.63) is 29.1 Å². The Morgan fingerprint density at radius 3 is 2.74 bits per heavy atom. The lowest BCUT2D eigenvalue weighted by molar-refractivity contribution is 0.306. The number of rotatable bonds is 2. The molecule has 3 heteroatoms. The van der Waals surface area contributed by atoms with Crippen molar-refractivity contribution in [1.82, 2.24) is 9.97 Å². The minimum Gasteiger partial charge on any atom is -0.342 e. The van der Waals surface area contributed by atoms with Gasteiger partial charge in [0.1, 0.15) is 5.82 Å². The van der Waals surface area contributed by atoms with E-state index < -0.39 is 0 Å². The first-order valence-corrected chi connectivity index (χ1v) is 7.36. The largest absolute Gasteiger partial charge is 0.342 e. The third-order valence-corrected chi connectivity index (χ3v) is 4.68. The maximum atomic E-state index is 5.93. The van der Waals surface area contributed by atoms with Crippen molar-refractivity contribution < 1.29 is 0 Å². The van der Waals surface area contributed by atoms with Gasteiger partial charge in [-0.1, -0.05) is 12.8 Å². The summed E-state index contributed by atoms with van der Waals surface area (Å²) < 4.78 is 0. The number of hydrogen-bond acceptors (Lipinski definition) is 2. The molecule has 3 N–H and O–H groups in total. The van der Waals surface area contributed by atoms with Gasteiger partial charge in [-0.15, -0.1) is 0 Å². The van der Waals surface area contributed by atoms with E-state index in [9.17, 15) is 0 Å². The van der Waals surface area contributed by atoms with Gasteiger partial charge in [-0.2, -0.15) is 0 Å². The zero-order valence-corrected chi connectivity index (χ0v) is 11.9. The maximum absolute atomic E-state index is 5.93. The van der Waals surface area contributed by atoms with E-state index in [1.54, 1.807) is 0 Å². The van der Waals surface area contributed by atoms with Crippen LogP contribution < -0.4 is 5.73 Å². The normalized spacial score (nSPS) is 23.9. The van der Waals surface area contributed by atoms with E-state index in [0.29, 0.717) is 11.8 Å². The SMILES string of the molecule is Cc1cc2nc(C3CCCCC3CN)[nH]c2cc1C. The molecule has 0 amide bonds. The van der Waals surface area contributed by atoms with E-state index in [1.807, 2.05) is 0 Å². The smallest absolute Gasteiger partial charge is 0.110 e. The van der Waals surface area contributed by atoms with Crippen LogP contribution in [0.25, 0.3) is 11.0 Å². The lowest BCUT2D eigenvalue weighted by Crippen LogP contribution is -2.25. The van der Waals surface area contributed by atoms with E-state index >= 15 is 0 Å². The Morgan fingerprint density at radius 2 is 1.95 bits per heavy atom. The van der Waals surface area contributed by atoms with Crippen LogP contribution in [-0.2, 0) is 0 Å². The predicted octanol–water partition coefficient (Wildman–Crippen LogP) is 3.41. The van der Waals surface area contributed by atoms with Crippen LogP contribution in [0.1, 0.15) is 48.6 Å². The van der Waals surface area contributed by atoms with Crippen LogP contribution in [0, 0.1) is 19.8 Å². The fraction of sp³-hybridized carbons (Fsp3) is 0.562. The monoisotopic (exact) mass is 257 g/mol. The first-order valence-electron chi connectivity index (χ1n) is 7.36. The summed E-state index contributed by atoms with van der Waals surface area (Å²) in [6.45, 7) is 5.07. The predicted molar refractivity (Wildman–Crippen MR) is 79.3 cm³/mol. The van der Waals surface area contributed by atoms with Gasteiger partial charge in [0.05, 0.1) is 11.0 Å². The van der Waals surface area contributed by atoms with E-state index in [4.69, 9.17) is 10.7 Å². The Bertz CT molecular complexity index is 546. The molecular weight excluding hydrogens is 234 g/mol. The minimum absolute atomic E-state index is 0.520. The molecule has 1 heterocycles. The number of aryl methyl sites for hydroxylation is 2. The summed E-state index contributed by atoms with van der Waals surface area (Å²) in [5.41, 5.74) is 10.8. The van der Waals surface area contributed by atoms with Crippen molar-refractivity contribution >= 4 is 11.0 Å². The molecule has 1 aliphatic carbocycles. The number of hydrogen-bond donors (Lipinski definition) is 2. The summed E-state index contributed by atoms with van der Waals surface area (Å²) in [6, 6.07) is 4.40. The average molecular weight is 257 g/mol. The Labute approximate surface area is 114 Å². The van der Waals surface area contributed by atoms with E-state index in [1.165, 1.54) is 42.3 Å². The van der Waals surface area contributed by atoms with Gasteiger partial charge >= 0.3 is 0 Å². The number of nitrogens with zero attached hydrogens (tertiary/aromatic N) is 1. The van der Waals surface area contributed by atoms with Crippen molar-refractivity contribution in [3.63, 3.8) is 0 Å². The van der Waals surface area contributed by atoms with Crippen molar-refractivity contribution in [3.8, 4) is 0 Å². The zero-order valence-electron chi connectivity index (χ0n) is 11.9. The molecule has 1 fully saturated rings. The number of aromatic nitrogens is 2. The first kappa shape index (κ1) is 12.7. The number of fused-ring (bicyclic) bond motifs is 1. The Balaban J connectivity index is 2.00. The molecule has 0 bridgehead atoms. The Hall–Kier alpha value is -1.35. The molecule has 0 radical (unpaired) electrons. The topological polar surface area (TPSA) is 54.7 Å². The van der Waals surface area contributed by atoms with Crippen molar-refractivity contribution in [1.29, 1.82) is 0 Å². The second-order valence-corrected chi connectivity index (χ2v) is 5.96. The van der Waals surface area contributed by atoms with Gasteiger partial charge in [0.2, 0.25) is 0 Å². The van der Waals surface area contributed by atoms with Crippen LogP contribution in [0.2, 0.25) is 0 Å². The van der Waals surface area contributed by atoms with Gasteiger partial charge in [0.25, 0.3) is 0 Å². The van der Waals surface area contributed by atoms with Crippen LogP contribution >= 0.6 is 0 Å². The Kier molecular flexibility index (Phi) is 3.31. The van der Waals surface area contributed by atoms with Gasteiger partial charge in [-0.3, -0.25) is 0 Å². The lowest BCUT2D eigenvalue weighted by Gasteiger charge is -2.28. The molecule has 2 atom stereocenters. The number of nitrogens with two attached hydrogens (primary N) is 1. The second kappa shape index (κ2) is 4.97. The average Bonchev–Trinajstić information content (AvgIpc) is 2.82. The summed E-state index contributed by atoms with van der Waals surface area (Å²) >= 11 is 0. The summed E-state index contributed by atoms with van der Waals surface area (Å²) in [7, 11) is 0. The highest BCUT2D eigenvalue weighted by molar-refractivity contribution is 5.77. The number of aromatic amines is 1. The van der Waals surface area contributed by atoms with E-state index in [0.717, 1.165) is 17.9 Å². The molecule has 1 aromatic heterocycles. The lowest BCUT2D eigenvalue weighted by atomic mass is 9.79. The molecule has 3 rings (SSSR count). The second-order valence-electron chi connectivity index (χ2n) is 5.96. The van der Waals surface area contributed by atoms with Crippen molar-refractivity contribution in [2.45, 2.75) is 45.4 Å². The summed E-state index contributed by atoms with van der Waals surface area (Å²) in [6.07, 6.45) is 5.09. The van der Waals surface area contributed by atoms with E-state index in [2.05, 4.69) is 31.0 Å². The molecular formula is C16H23N3. The van der Waals surface area contributed by atoms with Crippen molar-refractivity contribution in [2.24, 2.45) is 11.7 Å². The van der Waals surface area contributed by atoms with Crippen molar-refractivity contribution in [2.75, 3.05) is 6.54 Å². The Morgan fingerprint density at radius 1 is 1.21 bits per heavy atom. The summed E-state index contributed by atoms with van der Waals surface area (Å²) in [5, 5.41) is 0. The summed E-state index contributed by atoms with van der Waals surface area (Å²) in [5.74, 6) is 2.26. The third-order valence-electron chi connectivity index (χ3n) is 4.68. The fourth-order valence-electron chi connectivity index (χ4n) is 3.31. The quantitative estimate of drug-likeness (QED) is 0.866. The standard InChI is InChI=1S/C16H23N3/c1-10-7-14-15(8-11(10)2)19-16(18-14)13-6-4-3-5-12(13)9-17/h7-8,12-13H,3-6,9,17H2,1-2H3,(H,18,19). The molecule has 1 aliphatic rings. The number of benzene rings is 1. The molecule has 1 saturated carbocycles. The molecule has 3 nitrogen and oxygen atoms in total. The molecule has 2 aromatic rings. The van der Waals surface area contributed by atoms with Crippen LogP contribution in [0.5, 0.6) is 0 Å². The number of imidazole rings is 1. The van der Waals surface area contributed by atoms with Gasteiger partial charge < -0.3 is 10.7 Å². The van der Waals surface area contributed by atoms with Gasteiger partial charge in [0.15, 0.2) is 0 Å². The minimum atomic E-state index is 0.520. The molecule has 0 spiro atoms. The van der Waals surface area contributed by atoms with Crippen LogP contribution in [-0.4, -0.2) is 16.5 Å². The molecule has 102 valence electrons. The summed E-state index contributed by atoms with van der Waals surface area (Å²) in [4.78, 5) is 8.36. The molecule has 19 heavy (non-hydrogen) atoms. The highest BCUT2D eigenvalue weighted by atomic mass is 14.9. The van der Waals surface area contributed by atoms with Crippen LogP contribution in [0.15, 0.2) is 12.1 Å². The molecule has 0 aliphatic heterocycles. The molecule has 0 saturated heterocycles. The molecule has 2 unspecified atom stereocenters. The van der Waals surface area contributed by atoms with Gasteiger partial charge in [0, 0.05) is 5.92 Å². The zero-order chi connectivity index (χ0) is 13.4. The highest BCUT2D eigenvalue weighted by Crippen LogP contribution is 2.36. The highest BCUT2D eigenvalue weighted by Gasteiger charge is 2.27. The number of nitrogens with one attached hydrogen (secondary N) is 1. The van der Waals surface area contributed by atoms with Gasteiger partial charge in [-0.05, 0) is 62.4 Å². The third kappa shape index (κ3) is 2.27. The number of H-pyrrole nitrogens is 1.